The maximum Gasteiger partial charge on any atom is 0.190 e. The average Bonchev–Trinajstić information content (AvgIpc) is 2.41. The molecule has 0 fully saturated rings. The van der Waals surface area contributed by atoms with Crippen LogP contribution in [0.25, 0.3) is 0 Å². The van der Waals surface area contributed by atoms with Crippen LogP contribution in [-0.2, 0) is 13.9 Å². The maximum absolute atomic E-state index is 6.07. The lowest BCUT2D eigenvalue weighted by atomic mass is 10.2. The molecule has 0 rings (SSSR count). The molecular formula is C19H48O3Si2. The molecule has 0 amide bonds. The zero-order valence-corrected chi connectivity index (χ0v) is 19.8. The fourth-order valence-electron chi connectivity index (χ4n) is 2.09. The van der Waals surface area contributed by atoms with E-state index >= 15 is 0 Å². The van der Waals surface area contributed by atoms with Crippen LogP contribution in [0, 0.1) is 0 Å². The minimum Gasteiger partial charge on any atom is -0.391 e. The van der Waals surface area contributed by atoms with Gasteiger partial charge in [-0.2, -0.15) is 0 Å². The van der Waals surface area contributed by atoms with Crippen LogP contribution in [0.15, 0.2) is 0 Å². The van der Waals surface area contributed by atoms with Gasteiger partial charge >= 0.3 is 0 Å². The van der Waals surface area contributed by atoms with E-state index in [1.54, 1.807) is 14.2 Å². The molecule has 0 aliphatic rings. The van der Waals surface area contributed by atoms with Crippen molar-refractivity contribution in [2.24, 2.45) is 0 Å². The third-order valence-corrected chi connectivity index (χ3v) is 9.50. The van der Waals surface area contributed by atoms with Crippen molar-refractivity contribution < 1.29 is 13.9 Å². The van der Waals surface area contributed by atoms with E-state index in [1.165, 1.54) is 31.7 Å². The Morgan fingerprint density at radius 2 is 1.42 bits per heavy atom. The van der Waals surface area contributed by atoms with Gasteiger partial charge in [0.15, 0.2) is 14.1 Å². The molecule has 0 aromatic rings. The van der Waals surface area contributed by atoms with Crippen molar-refractivity contribution in [3.63, 3.8) is 0 Å². The van der Waals surface area contributed by atoms with Gasteiger partial charge in [-0.1, -0.05) is 59.7 Å². The van der Waals surface area contributed by atoms with Crippen molar-refractivity contribution in [3.8, 4) is 0 Å². The molecule has 150 valence electrons. The highest BCUT2D eigenvalue weighted by Crippen LogP contribution is 2.23. The van der Waals surface area contributed by atoms with Gasteiger partial charge in [0.2, 0.25) is 0 Å². The van der Waals surface area contributed by atoms with Crippen molar-refractivity contribution in [2.45, 2.75) is 111 Å². The zero-order valence-electron chi connectivity index (χ0n) is 17.8. The molecule has 0 aromatic carbocycles. The van der Waals surface area contributed by atoms with E-state index in [1.807, 2.05) is 13.8 Å². The molecule has 3 nitrogen and oxygen atoms in total. The van der Waals surface area contributed by atoms with Crippen molar-refractivity contribution in [1.29, 1.82) is 0 Å². The van der Waals surface area contributed by atoms with Gasteiger partial charge in [0.05, 0.1) is 8.07 Å². The van der Waals surface area contributed by atoms with Gasteiger partial charge < -0.3 is 13.9 Å². The van der Waals surface area contributed by atoms with Gasteiger partial charge in [-0.3, -0.25) is 0 Å². The zero-order chi connectivity index (χ0) is 18.7. The van der Waals surface area contributed by atoms with Crippen molar-refractivity contribution >= 4 is 16.4 Å². The maximum atomic E-state index is 6.07. The highest BCUT2D eigenvalue weighted by molar-refractivity contribution is 6.77. The largest absolute Gasteiger partial charge is 0.391 e. The summed E-state index contributed by atoms with van der Waals surface area (Å²) in [5, 5.41) is 0. The molecule has 0 saturated carbocycles. The Morgan fingerprint density at radius 3 is 1.71 bits per heavy atom. The Labute approximate surface area is 156 Å². The Bertz CT molecular complexity index is 287. The fraction of sp³-hybridized carbons (Fsp3) is 1.00. The second kappa shape index (κ2) is 13.5. The summed E-state index contributed by atoms with van der Waals surface area (Å²) in [4.78, 5) is 0. The van der Waals surface area contributed by atoms with E-state index in [0.29, 0.717) is 5.73 Å². The Hall–Kier alpha value is 0.314. The molecule has 0 aliphatic heterocycles. The molecule has 0 N–H and O–H groups in total. The minimum atomic E-state index is -1.53. The van der Waals surface area contributed by atoms with Gasteiger partial charge in [0, 0.05) is 19.9 Å². The number of unbranched alkanes of at least 4 members (excludes halogenated alkanes) is 3. The Balaban J connectivity index is -0.000000419. The SMILES string of the molecule is C.CCCCCC[Si](C)(C)OC(C)(C)OC.COC(C)[Si](C)(C)C. The fourth-order valence-corrected chi connectivity index (χ4v) is 5.41. The molecule has 0 aliphatic carbocycles. The normalized spacial score (nSPS) is 13.6. The Morgan fingerprint density at radius 1 is 0.917 bits per heavy atom. The quantitative estimate of drug-likeness (QED) is 0.239. The summed E-state index contributed by atoms with van der Waals surface area (Å²) in [7, 11) is 0.973. The highest BCUT2D eigenvalue weighted by Gasteiger charge is 2.30. The number of methoxy groups -OCH3 is 2. The summed E-state index contributed by atoms with van der Waals surface area (Å²) < 4.78 is 16.6. The predicted molar refractivity (Wildman–Crippen MR) is 115 cm³/mol. The second-order valence-electron chi connectivity index (χ2n) is 8.52. The number of rotatable bonds is 10. The van der Waals surface area contributed by atoms with E-state index in [2.05, 4.69) is 46.6 Å². The third-order valence-electron chi connectivity index (χ3n) is 4.22. The van der Waals surface area contributed by atoms with Crippen LogP contribution in [0.5, 0.6) is 0 Å². The Kier molecular flexibility index (Phi) is 16.4. The lowest BCUT2D eigenvalue weighted by Gasteiger charge is -2.34. The van der Waals surface area contributed by atoms with Crippen LogP contribution in [0.1, 0.15) is 60.8 Å². The standard InChI is InChI=1S/C12H28O2Si.C6H16OSi.CH4/c1-7-8-9-10-11-15(5,6)14-12(2,3)13-4;1-6(7-2)8(3,4)5;/h7-11H2,1-6H3;6H,1-5H3;1H4. The van der Waals surface area contributed by atoms with E-state index < -0.39 is 22.2 Å². The molecule has 0 radical (unpaired) electrons. The van der Waals surface area contributed by atoms with Gasteiger partial charge in [0.25, 0.3) is 0 Å². The van der Waals surface area contributed by atoms with Gasteiger partial charge in [0.1, 0.15) is 0 Å². The van der Waals surface area contributed by atoms with E-state index in [0.717, 1.165) is 0 Å². The molecule has 0 heterocycles. The number of hydrogen-bond donors (Lipinski definition) is 0. The topological polar surface area (TPSA) is 27.7 Å². The van der Waals surface area contributed by atoms with Crippen molar-refractivity contribution in [2.75, 3.05) is 14.2 Å². The van der Waals surface area contributed by atoms with Gasteiger partial charge in [-0.25, -0.2) is 0 Å². The third kappa shape index (κ3) is 17.1. The van der Waals surface area contributed by atoms with Crippen LogP contribution in [0.2, 0.25) is 38.8 Å². The summed E-state index contributed by atoms with van der Waals surface area (Å²) in [5.74, 6) is -0.416. The van der Waals surface area contributed by atoms with Gasteiger partial charge in [-0.05, 0) is 39.9 Å². The van der Waals surface area contributed by atoms with Gasteiger partial charge in [-0.15, -0.1) is 0 Å². The monoisotopic (exact) mass is 380 g/mol. The lowest BCUT2D eigenvalue weighted by molar-refractivity contribution is -0.141. The van der Waals surface area contributed by atoms with Crippen LogP contribution < -0.4 is 0 Å². The first kappa shape index (κ1) is 29.1. The molecule has 5 heteroatoms. The molecule has 1 atom stereocenters. The molecular weight excluding hydrogens is 332 g/mol. The predicted octanol–water partition coefficient (Wildman–Crippen LogP) is 6.71. The van der Waals surface area contributed by atoms with Crippen LogP contribution in [-0.4, -0.2) is 42.1 Å². The highest BCUT2D eigenvalue weighted by atomic mass is 28.4. The molecule has 0 spiro atoms. The van der Waals surface area contributed by atoms with E-state index in [9.17, 15) is 0 Å². The van der Waals surface area contributed by atoms with Crippen molar-refractivity contribution in [1.82, 2.24) is 0 Å². The lowest BCUT2D eigenvalue weighted by Crippen LogP contribution is -2.41. The molecule has 0 aromatic heterocycles. The van der Waals surface area contributed by atoms with Crippen LogP contribution >= 0.6 is 0 Å². The molecule has 0 bridgehead atoms. The minimum absolute atomic E-state index is 0. The summed E-state index contributed by atoms with van der Waals surface area (Å²) in [5.41, 5.74) is 0.488. The second-order valence-corrected chi connectivity index (χ2v) is 18.3. The first-order chi connectivity index (χ1) is 10.3. The summed E-state index contributed by atoms with van der Waals surface area (Å²) in [6.45, 7) is 19.9. The van der Waals surface area contributed by atoms with Crippen molar-refractivity contribution in [3.05, 3.63) is 0 Å². The first-order valence-electron chi connectivity index (χ1n) is 9.09. The number of hydrogen-bond acceptors (Lipinski definition) is 3. The molecule has 1 unspecified atom stereocenters. The molecule has 0 saturated heterocycles. The molecule has 24 heavy (non-hydrogen) atoms. The van der Waals surface area contributed by atoms with E-state index in [4.69, 9.17) is 13.9 Å². The summed E-state index contributed by atoms with van der Waals surface area (Å²) in [6, 6.07) is 1.24. The smallest absolute Gasteiger partial charge is 0.190 e. The summed E-state index contributed by atoms with van der Waals surface area (Å²) in [6.07, 6.45) is 5.28. The van der Waals surface area contributed by atoms with E-state index in [-0.39, 0.29) is 7.43 Å². The summed E-state index contributed by atoms with van der Waals surface area (Å²) >= 11 is 0. The van der Waals surface area contributed by atoms with Crippen LogP contribution in [0.4, 0.5) is 0 Å². The van der Waals surface area contributed by atoms with Crippen LogP contribution in [0.3, 0.4) is 0 Å². The first-order valence-corrected chi connectivity index (χ1v) is 15.8. The number of ether oxygens (including phenoxy) is 2. The average molecular weight is 381 g/mol.